The van der Waals surface area contributed by atoms with E-state index in [0.717, 1.165) is 5.75 Å². The molecule has 0 aliphatic rings. The van der Waals surface area contributed by atoms with Crippen LogP contribution < -0.4 is 10.5 Å². The zero-order chi connectivity index (χ0) is 13.0. The molecule has 0 radical (unpaired) electrons. The molecule has 0 aliphatic carbocycles. The fourth-order valence-electron chi connectivity index (χ4n) is 1.49. The first-order valence-corrected chi connectivity index (χ1v) is 5.41. The number of hydrogen-bond acceptors (Lipinski definition) is 4. The molecule has 6 heteroatoms. The van der Waals surface area contributed by atoms with Crippen LogP contribution in [0.15, 0.2) is 36.5 Å². The quantitative estimate of drug-likeness (QED) is 0.829. The molecule has 2 aromatic rings. The van der Waals surface area contributed by atoms with Crippen LogP contribution in [0.4, 0.5) is 5.69 Å². The van der Waals surface area contributed by atoms with E-state index in [0.29, 0.717) is 13.2 Å². The number of anilines is 1. The zero-order valence-corrected chi connectivity index (χ0v) is 9.61. The molecule has 0 amide bonds. The van der Waals surface area contributed by atoms with Crippen molar-refractivity contribution in [1.29, 1.82) is 0 Å². The summed E-state index contributed by atoms with van der Waals surface area (Å²) in [5, 5.41) is 12.6. The summed E-state index contributed by atoms with van der Waals surface area (Å²) >= 11 is 0. The summed E-state index contributed by atoms with van der Waals surface area (Å²) < 4.78 is 6.93. The molecule has 1 aromatic carbocycles. The van der Waals surface area contributed by atoms with Crippen molar-refractivity contribution in [2.75, 3.05) is 12.3 Å². The molecule has 0 atom stereocenters. The predicted octanol–water partition coefficient (Wildman–Crippen LogP) is 1.24. The number of nitrogens with zero attached hydrogens (tertiary/aromatic N) is 2. The summed E-state index contributed by atoms with van der Waals surface area (Å²) in [5.74, 6) is -0.369. The summed E-state index contributed by atoms with van der Waals surface area (Å²) in [6.07, 6.45) is 1.48. The van der Waals surface area contributed by atoms with Crippen LogP contribution in [0.5, 0.6) is 5.75 Å². The molecule has 0 bridgehead atoms. The molecule has 2 rings (SSSR count). The first-order valence-electron chi connectivity index (χ1n) is 5.41. The molecule has 94 valence electrons. The monoisotopic (exact) mass is 247 g/mol. The lowest BCUT2D eigenvalue weighted by molar-refractivity contribution is 0.0690. The van der Waals surface area contributed by atoms with Gasteiger partial charge in [-0.3, -0.25) is 4.68 Å². The molecule has 18 heavy (non-hydrogen) atoms. The maximum Gasteiger partial charge on any atom is 0.358 e. The van der Waals surface area contributed by atoms with Gasteiger partial charge in [0.05, 0.1) is 12.2 Å². The molecule has 1 heterocycles. The van der Waals surface area contributed by atoms with E-state index in [4.69, 9.17) is 15.6 Å². The van der Waals surface area contributed by atoms with Gasteiger partial charge in [-0.05, 0) is 12.1 Å². The minimum Gasteiger partial charge on any atom is -0.492 e. The van der Waals surface area contributed by atoms with Crippen molar-refractivity contribution in [3.05, 3.63) is 42.2 Å². The number of carboxylic acid groups (broad SMARTS) is 1. The molecule has 0 fully saturated rings. The first-order chi connectivity index (χ1) is 8.66. The number of ether oxygens (including phenoxy) is 1. The van der Waals surface area contributed by atoms with Crippen molar-refractivity contribution in [3.63, 3.8) is 0 Å². The lowest BCUT2D eigenvalue weighted by Gasteiger charge is -2.05. The molecule has 3 N–H and O–H groups in total. The fraction of sp³-hybridized carbons (Fsp3) is 0.167. The summed E-state index contributed by atoms with van der Waals surface area (Å²) in [7, 11) is 0. The van der Waals surface area contributed by atoms with Crippen LogP contribution in [-0.4, -0.2) is 27.5 Å². The molecular weight excluding hydrogens is 234 g/mol. The van der Waals surface area contributed by atoms with Crippen LogP contribution in [0.2, 0.25) is 0 Å². The Bertz CT molecular complexity index is 537. The van der Waals surface area contributed by atoms with E-state index in [9.17, 15) is 4.79 Å². The molecule has 6 nitrogen and oxygen atoms in total. The SMILES string of the molecule is Nc1cn(CCOc2ccccc2)nc1C(=O)O. The van der Waals surface area contributed by atoms with E-state index in [1.807, 2.05) is 30.3 Å². The predicted molar refractivity (Wildman–Crippen MR) is 65.5 cm³/mol. The Kier molecular flexibility index (Phi) is 3.47. The Morgan fingerprint density at radius 1 is 1.39 bits per heavy atom. The van der Waals surface area contributed by atoms with E-state index >= 15 is 0 Å². The number of carbonyl (C=O) groups is 1. The molecule has 0 saturated carbocycles. The summed E-state index contributed by atoms with van der Waals surface area (Å²) in [5.41, 5.74) is 5.55. The van der Waals surface area contributed by atoms with E-state index in [2.05, 4.69) is 5.10 Å². The molecule has 0 saturated heterocycles. The van der Waals surface area contributed by atoms with Gasteiger partial charge in [-0.15, -0.1) is 0 Å². The highest BCUT2D eigenvalue weighted by Crippen LogP contribution is 2.10. The zero-order valence-electron chi connectivity index (χ0n) is 9.61. The number of aromatic nitrogens is 2. The van der Waals surface area contributed by atoms with Crippen LogP contribution in [0.25, 0.3) is 0 Å². The van der Waals surface area contributed by atoms with E-state index in [1.54, 1.807) is 0 Å². The second-order valence-electron chi connectivity index (χ2n) is 3.66. The van der Waals surface area contributed by atoms with Crippen molar-refractivity contribution in [1.82, 2.24) is 9.78 Å². The summed E-state index contributed by atoms with van der Waals surface area (Å²) in [6, 6.07) is 9.36. The summed E-state index contributed by atoms with van der Waals surface area (Å²) in [6.45, 7) is 0.830. The van der Waals surface area contributed by atoms with Gasteiger partial charge in [-0.25, -0.2) is 4.79 Å². The van der Waals surface area contributed by atoms with Gasteiger partial charge in [0, 0.05) is 6.20 Å². The van der Waals surface area contributed by atoms with Crippen LogP contribution in [0.3, 0.4) is 0 Å². The number of para-hydroxylation sites is 1. The van der Waals surface area contributed by atoms with Gasteiger partial charge in [0.1, 0.15) is 12.4 Å². The van der Waals surface area contributed by atoms with Crippen LogP contribution in [-0.2, 0) is 6.54 Å². The van der Waals surface area contributed by atoms with Gasteiger partial charge in [-0.1, -0.05) is 18.2 Å². The topological polar surface area (TPSA) is 90.4 Å². The second-order valence-corrected chi connectivity index (χ2v) is 3.66. The molecule has 1 aromatic heterocycles. The van der Waals surface area contributed by atoms with Crippen LogP contribution >= 0.6 is 0 Å². The van der Waals surface area contributed by atoms with Gasteiger partial charge in [0.25, 0.3) is 0 Å². The maximum atomic E-state index is 10.7. The normalized spacial score (nSPS) is 10.2. The van der Waals surface area contributed by atoms with Crippen molar-refractivity contribution in [2.45, 2.75) is 6.54 Å². The third-order valence-electron chi connectivity index (χ3n) is 2.32. The largest absolute Gasteiger partial charge is 0.492 e. The Balaban J connectivity index is 1.91. The number of rotatable bonds is 5. The lowest BCUT2D eigenvalue weighted by Crippen LogP contribution is -2.09. The number of nitrogen functional groups attached to an aromatic ring is 1. The third-order valence-corrected chi connectivity index (χ3v) is 2.32. The van der Waals surface area contributed by atoms with Gasteiger partial charge in [-0.2, -0.15) is 5.10 Å². The molecule has 0 unspecified atom stereocenters. The highest BCUT2D eigenvalue weighted by Gasteiger charge is 2.12. The van der Waals surface area contributed by atoms with Gasteiger partial charge < -0.3 is 15.6 Å². The fourth-order valence-corrected chi connectivity index (χ4v) is 1.49. The third kappa shape index (κ3) is 2.79. The number of aromatic carboxylic acids is 1. The minimum atomic E-state index is -1.13. The Hall–Kier alpha value is -2.50. The van der Waals surface area contributed by atoms with Crippen molar-refractivity contribution in [2.24, 2.45) is 0 Å². The molecule has 0 aliphatic heterocycles. The highest BCUT2D eigenvalue weighted by molar-refractivity contribution is 5.91. The number of nitrogens with two attached hydrogens (primary N) is 1. The number of carboxylic acids is 1. The minimum absolute atomic E-state index is 0.130. The standard InChI is InChI=1S/C12H13N3O3/c13-10-8-15(14-11(10)12(16)17)6-7-18-9-4-2-1-3-5-9/h1-5,8H,6-7,13H2,(H,16,17). The molecular formula is C12H13N3O3. The van der Waals surface area contributed by atoms with Gasteiger partial charge in [0.15, 0.2) is 5.69 Å². The number of benzene rings is 1. The first kappa shape index (κ1) is 12.0. The van der Waals surface area contributed by atoms with E-state index < -0.39 is 5.97 Å². The molecule has 0 spiro atoms. The second kappa shape index (κ2) is 5.22. The van der Waals surface area contributed by atoms with Crippen molar-refractivity contribution >= 4 is 11.7 Å². The lowest BCUT2D eigenvalue weighted by atomic mass is 10.3. The Morgan fingerprint density at radius 2 is 2.11 bits per heavy atom. The van der Waals surface area contributed by atoms with Crippen molar-refractivity contribution < 1.29 is 14.6 Å². The van der Waals surface area contributed by atoms with Gasteiger partial charge >= 0.3 is 5.97 Å². The summed E-state index contributed by atoms with van der Waals surface area (Å²) in [4.78, 5) is 10.7. The van der Waals surface area contributed by atoms with Crippen LogP contribution in [0.1, 0.15) is 10.5 Å². The Morgan fingerprint density at radius 3 is 2.72 bits per heavy atom. The van der Waals surface area contributed by atoms with Gasteiger partial charge in [0.2, 0.25) is 0 Å². The average molecular weight is 247 g/mol. The maximum absolute atomic E-state index is 10.7. The number of hydrogen-bond donors (Lipinski definition) is 2. The van der Waals surface area contributed by atoms with Crippen molar-refractivity contribution in [3.8, 4) is 5.75 Å². The smallest absolute Gasteiger partial charge is 0.358 e. The van der Waals surface area contributed by atoms with E-state index in [-0.39, 0.29) is 11.4 Å². The van der Waals surface area contributed by atoms with Crippen LogP contribution in [0, 0.1) is 0 Å². The van der Waals surface area contributed by atoms with E-state index in [1.165, 1.54) is 10.9 Å². The Labute approximate surface area is 104 Å². The average Bonchev–Trinajstić information content (AvgIpc) is 2.72. The highest BCUT2D eigenvalue weighted by atomic mass is 16.5.